The Hall–Kier alpha value is -0.120. The van der Waals surface area contributed by atoms with Crippen LogP contribution in [0.4, 0.5) is 0 Å². The number of methoxy groups -OCH3 is 1. The zero-order chi connectivity index (χ0) is 12.1. The molecule has 0 spiro atoms. The molecule has 0 aliphatic rings. The Kier molecular flexibility index (Phi) is 12.9. The fourth-order valence-electron chi connectivity index (χ4n) is 1.69. The topological polar surface area (TPSA) is 21.7 Å². The van der Waals surface area contributed by atoms with E-state index in [1.807, 2.05) is 6.92 Å². The van der Waals surface area contributed by atoms with Crippen LogP contribution >= 0.6 is 0 Å². The summed E-state index contributed by atoms with van der Waals surface area (Å²) in [4.78, 5) is 2.49. The highest BCUT2D eigenvalue weighted by Crippen LogP contribution is 2.00. The molecule has 0 heterocycles. The molecular formula is C13H29NO2. The second-order valence-corrected chi connectivity index (χ2v) is 4.09. The first-order valence-corrected chi connectivity index (χ1v) is 6.64. The van der Waals surface area contributed by atoms with E-state index in [1.54, 1.807) is 7.11 Å². The van der Waals surface area contributed by atoms with Crippen LogP contribution in [0.2, 0.25) is 0 Å². The minimum atomic E-state index is 0.820. The first-order chi connectivity index (χ1) is 7.85. The van der Waals surface area contributed by atoms with Crippen LogP contribution < -0.4 is 0 Å². The molecule has 0 aliphatic heterocycles. The quantitative estimate of drug-likeness (QED) is 0.482. The van der Waals surface area contributed by atoms with Crippen molar-refractivity contribution in [3.05, 3.63) is 0 Å². The summed E-state index contributed by atoms with van der Waals surface area (Å²) < 4.78 is 10.5. The van der Waals surface area contributed by atoms with Crippen LogP contribution in [-0.4, -0.2) is 51.5 Å². The number of nitrogens with zero attached hydrogens (tertiary/aromatic N) is 1. The van der Waals surface area contributed by atoms with Gasteiger partial charge in [0.05, 0.1) is 6.61 Å². The van der Waals surface area contributed by atoms with Gasteiger partial charge in [-0.2, -0.15) is 0 Å². The Labute approximate surface area is 101 Å². The van der Waals surface area contributed by atoms with Crippen molar-refractivity contribution in [3.63, 3.8) is 0 Å². The molecule has 0 atom stereocenters. The van der Waals surface area contributed by atoms with Gasteiger partial charge in [0, 0.05) is 33.4 Å². The lowest BCUT2D eigenvalue weighted by Crippen LogP contribution is -2.30. The van der Waals surface area contributed by atoms with E-state index in [0.29, 0.717) is 0 Å². The molecule has 0 amide bonds. The van der Waals surface area contributed by atoms with Crippen molar-refractivity contribution in [1.82, 2.24) is 4.90 Å². The maximum atomic E-state index is 5.40. The Balaban J connectivity index is 3.58. The molecular weight excluding hydrogens is 202 g/mol. The van der Waals surface area contributed by atoms with Crippen molar-refractivity contribution in [1.29, 1.82) is 0 Å². The highest BCUT2D eigenvalue weighted by atomic mass is 16.5. The lowest BCUT2D eigenvalue weighted by molar-refractivity contribution is 0.106. The predicted octanol–water partition coefficient (Wildman–Crippen LogP) is 2.55. The van der Waals surface area contributed by atoms with Crippen LogP contribution in [0.15, 0.2) is 0 Å². The highest BCUT2D eigenvalue weighted by Gasteiger charge is 2.03. The zero-order valence-electron chi connectivity index (χ0n) is 11.3. The monoisotopic (exact) mass is 231 g/mol. The van der Waals surface area contributed by atoms with Gasteiger partial charge >= 0.3 is 0 Å². The third kappa shape index (κ3) is 10.4. The standard InChI is InChI=1S/C13H29NO2/c1-4-6-7-9-14(10-8-12-15-3)11-13-16-5-2/h4-13H2,1-3H3. The van der Waals surface area contributed by atoms with Crippen molar-refractivity contribution in [2.75, 3.05) is 46.6 Å². The molecule has 0 aromatic carbocycles. The molecule has 0 radical (unpaired) electrons. The van der Waals surface area contributed by atoms with Crippen LogP contribution in [-0.2, 0) is 9.47 Å². The summed E-state index contributed by atoms with van der Waals surface area (Å²) in [7, 11) is 1.77. The minimum Gasteiger partial charge on any atom is -0.385 e. The molecule has 0 aromatic heterocycles. The van der Waals surface area contributed by atoms with Gasteiger partial charge in [0.1, 0.15) is 0 Å². The summed E-state index contributed by atoms with van der Waals surface area (Å²) in [6.45, 7) is 10.2. The second kappa shape index (κ2) is 12.9. The minimum absolute atomic E-state index is 0.820. The first kappa shape index (κ1) is 15.9. The average Bonchev–Trinajstić information content (AvgIpc) is 2.29. The first-order valence-electron chi connectivity index (χ1n) is 6.64. The van der Waals surface area contributed by atoms with E-state index in [1.165, 1.54) is 25.8 Å². The van der Waals surface area contributed by atoms with E-state index in [-0.39, 0.29) is 0 Å². The van der Waals surface area contributed by atoms with Crippen molar-refractivity contribution < 1.29 is 9.47 Å². The Morgan fingerprint density at radius 2 is 1.62 bits per heavy atom. The van der Waals surface area contributed by atoms with Crippen LogP contribution in [0.25, 0.3) is 0 Å². The van der Waals surface area contributed by atoms with Crippen LogP contribution in [0.5, 0.6) is 0 Å². The third-order valence-corrected chi connectivity index (χ3v) is 2.66. The summed E-state index contributed by atoms with van der Waals surface area (Å²) in [5.74, 6) is 0. The normalized spacial score (nSPS) is 11.2. The molecule has 98 valence electrons. The second-order valence-electron chi connectivity index (χ2n) is 4.09. The molecule has 0 aromatic rings. The Morgan fingerprint density at radius 1 is 0.875 bits per heavy atom. The van der Waals surface area contributed by atoms with E-state index in [0.717, 1.165) is 39.3 Å². The number of hydrogen-bond donors (Lipinski definition) is 0. The molecule has 3 heteroatoms. The van der Waals surface area contributed by atoms with Crippen LogP contribution in [0, 0.1) is 0 Å². The van der Waals surface area contributed by atoms with E-state index in [9.17, 15) is 0 Å². The molecule has 0 unspecified atom stereocenters. The number of ether oxygens (including phenoxy) is 2. The van der Waals surface area contributed by atoms with Crippen LogP contribution in [0.3, 0.4) is 0 Å². The van der Waals surface area contributed by atoms with Crippen molar-refractivity contribution in [2.45, 2.75) is 39.5 Å². The molecule has 3 nitrogen and oxygen atoms in total. The molecule has 16 heavy (non-hydrogen) atoms. The van der Waals surface area contributed by atoms with Gasteiger partial charge in [-0.15, -0.1) is 0 Å². The smallest absolute Gasteiger partial charge is 0.0593 e. The van der Waals surface area contributed by atoms with Gasteiger partial charge in [-0.1, -0.05) is 19.8 Å². The SMILES string of the molecule is CCCCCN(CCCOC)CCOCC. The number of rotatable bonds is 12. The van der Waals surface area contributed by atoms with Crippen molar-refractivity contribution in [2.24, 2.45) is 0 Å². The molecule has 0 bridgehead atoms. The fraction of sp³-hybridized carbons (Fsp3) is 1.00. The van der Waals surface area contributed by atoms with Crippen LogP contribution in [0.1, 0.15) is 39.5 Å². The largest absolute Gasteiger partial charge is 0.385 e. The molecule has 0 saturated heterocycles. The van der Waals surface area contributed by atoms with Gasteiger partial charge in [-0.3, -0.25) is 0 Å². The average molecular weight is 231 g/mol. The Bertz CT molecular complexity index is 107. The zero-order valence-corrected chi connectivity index (χ0v) is 11.3. The fourth-order valence-corrected chi connectivity index (χ4v) is 1.69. The maximum Gasteiger partial charge on any atom is 0.0593 e. The predicted molar refractivity (Wildman–Crippen MR) is 69.0 cm³/mol. The molecule has 0 saturated carbocycles. The van der Waals surface area contributed by atoms with Crippen molar-refractivity contribution >= 4 is 0 Å². The lowest BCUT2D eigenvalue weighted by Gasteiger charge is -2.21. The summed E-state index contributed by atoms with van der Waals surface area (Å²) >= 11 is 0. The van der Waals surface area contributed by atoms with E-state index in [4.69, 9.17) is 9.47 Å². The summed E-state index contributed by atoms with van der Waals surface area (Å²) in [6, 6.07) is 0. The van der Waals surface area contributed by atoms with Gasteiger partial charge in [-0.25, -0.2) is 0 Å². The van der Waals surface area contributed by atoms with Gasteiger partial charge in [-0.05, 0) is 26.3 Å². The van der Waals surface area contributed by atoms with Gasteiger partial charge in [0.25, 0.3) is 0 Å². The lowest BCUT2D eigenvalue weighted by atomic mass is 10.2. The molecule has 0 N–H and O–H groups in total. The van der Waals surface area contributed by atoms with E-state index < -0.39 is 0 Å². The third-order valence-electron chi connectivity index (χ3n) is 2.66. The van der Waals surface area contributed by atoms with Gasteiger partial charge < -0.3 is 14.4 Å². The Morgan fingerprint density at radius 3 is 2.25 bits per heavy atom. The maximum absolute atomic E-state index is 5.40. The summed E-state index contributed by atoms with van der Waals surface area (Å²) in [5, 5.41) is 0. The van der Waals surface area contributed by atoms with E-state index in [2.05, 4.69) is 11.8 Å². The number of unbranched alkanes of at least 4 members (excludes halogenated alkanes) is 2. The number of hydrogen-bond acceptors (Lipinski definition) is 3. The van der Waals surface area contributed by atoms with Gasteiger partial charge in [0.2, 0.25) is 0 Å². The van der Waals surface area contributed by atoms with E-state index >= 15 is 0 Å². The van der Waals surface area contributed by atoms with Crippen molar-refractivity contribution in [3.8, 4) is 0 Å². The molecule has 0 fully saturated rings. The highest BCUT2D eigenvalue weighted by molar-refractivity contribution is 4.58. The summed E-state index contributed by atoms with van der Waals surface area (Å²) in [6.07, 6.45) is 5.04. The summed E-state index contributed by atoms with van der Waals surface area (Å²) in [5.41, 5.74) is 0. The molecule has 0 aliphatic carbocycles. The van der Waals surface area contributed by atoms with Gasteiger partial charge in [0.15, 0.2) is 0 Å². The molecule has 0 rings (SSSR count).